The quantitative estimate of drug-likeness (QED) is 0.321. The molecule has 0 saturated carbocycles. The number of ketones is 1. The lowest BCUT2D eigenvalue weighted by molar-refractivity contribution is -0.130. The van der Waals surface area contributed by atoms with Crippen LogP contribution < -0.4 is 10.6 Å². The van der Waals surface area contributed by atoms with E-state index >= 15 is 0 Å². The van der Waals surface area contributed by atoms with Crippen LogP contribution in [-0.4, -0.2) is 55.1 Å². The minimum Gasteiger partial charge on any atom is -0.445 e. The molecule has 3 aromatic rings. The first-order chi connectivity index (χ1) is 18.7. The Morgan fingerprint density at radius 3 is 2.21 bits per heavy atom. The topological polar surface area (TPSA) is 141 Å². The number of nitrogens with zero attached hydrogens (tertiary/aromatic N) is 5. The number of pyridine rings is 1. The van der Waals surface area contributed by atoms with Gasteiger partial charge in [0.2, 0.25) is 5.91 Å². The molecular formula is C28H37N7O4. The molecule has 2 aromatic heterocycles. The number of hydrogen-bond donors (Lipinski definition) is 2. The molecule has 2 heterocycles. The Morgan fingerprint density at radius 2 is 1.54 bits per heavy atom. The third kappa shape index (κ3) is 9.91. The first-order valence-corrected chi connectivity index (χ1v) is 13.2. The Morgan fingerprint density at radius 1 is 0.872 bits per heavy atom. The summed E-state index contributed by atoms with van der Waals surface area (Å²) < 4.78 is 6.76. The van der Waals surface area contributed by atoms with E-state index in [9.17, 15) is 14.4 Å². The second-order valence-electron chi connectivity index (χ2n) is 10.3. The third-order valence-corrected chi connectivity index (χ3v) is 5.96. The highest BCUT2D eigenvalue weighted by Crippen LogP contribution is 2.12. The second kappa shape index (κ2) is 14.7. The van der Waals surface area contributed by atoms with Crippen LogP contribution in [0.25, 0.3) is 0 Å². The molecule has 0 aliphatic rings. The van der Waals surface area contributed by atoms with E-state index in [1.807, 2.05) is 70.2 Å². The number of hydrogen-bond acceptors (Lipinski definition) is 8. The van der Waals surface area contributed by atoms with Crippen molar-refractivity contribution >= 4 is 17.8 Å². The zero-order chi connectivity index (χ0) is 28.2. The largest absolute Gasteiger partial charge is 0.445 e. The Bertz CT molecular complexity index is 1200. The molecule has 2 amide bonds. The maximum atomic E-state index is 13.4. The van der Waals surface area contributed by atoms with E-state index in [1.54, 1.807) is 12.4 Å². The number of carbonyl (C=O) groups is 3. The summed E-state index contributed by atoms with van der Waals surface area (Å²) in [6.45, 7) is 7.86. The summed E-state index contributed by atoms with van der Waals surface area (Å²) in [7, 11) is 0. The molecule has 0 unspecified atom stereocenters. The first kappa shape index (κ1) is 29.4. The molecule has 0 radical (unpaired) electrons. The van der Waals surface area contributed by atoms with E-state index < -0.39 is 24.1 Å². The molecule has 11 nitrogen and oxygen atoms in total. The van der Waals surface area contributed by atoms with Gasteiger partial charge in [-0.3, -0.25) is 14.6 Å². The zero-order valence-electron chi connectivity index (χ0n) is 22.9. The molecule has 0 fully saturated rings. The molecule has 11 heteroatoms. The Kier molecular flexibility index (Phi) is 11.1. The van der Waals surface area contributed by atoms with Crippen molar-refractivity contribution in [2.75, 3.05) is 0 Å². The summed E-state index contributed by atoms with van der Waals surface area (Å²) in [6.07, 6.45) is 3.93. The van der Waals surface area contributed by atoms with Crippen molar-refractivity contribution in [2.24, 2.45) is 11.8 Å². The van der Waals surface area contributed by atoms with Gasteiger partial charge in [0.1, 0.15) is 19.2 Å². The number of rotatable bonds is 14. The van der Waals surface area contributed by atoms with Gasteiger partial charge in [-0.2, -0.15) is 0 Å². The van der Waals surface area contributed by atoms with Crippen LogP contribution in [0.4, 0.5) is 4.79 Å². The van der Waals surface area contributed by atoms with Gasteiger partial charge in [0.25, 0.3) is 0 Å². The van der Waals surface area contributed by atoms with Crippen molar-refractivity contribution in [3.63, 3.8) is 0 Å². The Labute approximate surface area is 228 Å². The van der Waals surface area contributed by atoms with Crippen molar-refractivity contribution in [2.45, 2.75) is 72.2 Å². The van der Waals surface area contributed by atoms with Gasteiger partial charge in [-0.05, 0) is 58.4 Å². The summed E-state index contributed by atoms with van der Waals surface area (Å²) in [4.78, 5) is 43.2. The molecule has 0 aliphatic heterocycles. The highest BCUT2D eigenvalue weighted by Gasteiger charge is 2.29. The van der Waals surface area contributed by atoms with E-state index in [2.05, 4.69) is 31.1 Å². The summed E-state index contributed by atoms with van der Waals surface area (Å²) >= 11 is 0. The predicted molar refractivity (Wildman–Crippen MR) is 144 cm³/mol. The lowest BCUT2D eigenvalue weighted by atomic mass is 9.98. The first-order valence-electron chi connectivity index (χ1n) is 13.2. The number of aromatic nitrogens is 5. The van der Waals surface area contributed by atoms with Gasteiger partial charge >= 0.3 is 6.09 Å². The molecule has 2 atom stereocenters. The molecule has 0 aliphatic carbocycles. The molecule has 2 N–H and O–H groups in total. The zero-order valence-corrected chi connectivity index (χ0v) is 22.9. The van der Waals surface area contributed by atoms with E-state index in [1.165, 1.54) is 4.68 Å². The number of benzene rings is 1. The smallest absolute Gasteiger partial charge is 0.408 e. The van der Waals surface area contributed by atoms with Crippen molar-refractivity contribution in [3.05, 3.63) is 71.8 Å². The molecular weight excluding hydrogens is 498 g/mol. The Balaban J connectivity index is 1.65. The van der Waals surface area contributed by atoms with Gasteiger partial charge in [0, 0.05) is 18.8 Å². The molecule has 39 heavy (non-hydrogen) atoms. The second-order valence-corrected chi connectivity index (χ2v) is 10.3. The standard InChI is InChI=1S/C28H37N7O4/c1-19(2)14-23(25(36)17-35-26(32-33-34-35)16-21-10-12-29-13-11-21)30-27(37)24(15-20(3)4)31-28(38)39-18-22-8-6-5-7-9-22/h5-13,19-20,23-24H,14-18H2,1-4H3,(H,30,37)(H,31,38)/t23-,24-/m0/s1. The average Bonchev–Trinajstić information content (AvgIpc) is 3.33. The van der Waals surface area contributed by atoms with Gasteiger partial charge in [-0.25, -0.2) is 9.48 Å². The summed E-state index contributed by atoms with van der Waals surface area (Å²) in [5.41, 5.74) is 1.80. The van der Waals surface area contributed by atoms with Crippen LogP contribution >= 0.6 is 0 Å². The van der Waals surface area contributed by atoms with Gasteiger partial charge in [-0.1, -0.05) is 58.0 Å². The number of ether oxygens (including phenoxy) is 1. The summed E-state index contributed by atoms with van der Waals surface area (Å²) in [5.74, 6) is 0.121. The monoisotopic (exact) mass is 535 g/mol. The van der Waals surface area contributed by atoms with Gasteiger partial charge < -0.3 is 15.4 Å². The van der Waals surface area contributed by atoms with Crippen molar-refractivity contribution < 1.29 is 19.1 Å². The van der Waals surface area contributed by atoms with Crippen molar-refractivity contribution in [1.82, 2.24) is 35.8 Å². The normalized spacial score (nSPS) is 12.7. The molecule has 208 valence electrons. The van der Waals surface area contributed by atoms with Crippen LogP contribution in [0.3, 0.4) is 0 Å². The van der Waals surface area contributed by atoms with Gasteiger partial charge in [0.05, 0.1) is 6.04 Å². The van der Waals surface area contributed by atoms with Gasteiger partial charge in [-0.15, -0.1) is 5.10 Å². The average molecular weight is 536 g/mol. The fourth-order valence-electron chi connectivity index (χ4n) is 4.04. The number of alkyl carbamates (subject to hydrolysis) is 1. The van der Waals surface area contributed by atoms with Crippen LogP contribution in [-0.2, 0) is 33.9 Å². The number of Topliss-reactive ketones (excluding diaryl/α,β-unsaturated/α-hetero) is 1. The fourth-order valence-corrected chi connectivity index (χ4v) is 4.04. The number of amides is 2. The third-order valence-electron chi connectivity index (χ3n) is 5.96. The van der Waals surface area contributed by atoms with E-state index in [0.717, 1.165) is 11.1 Å². The summed E-state index contributed by atoms with van der Waals surface area (Å²) in [5, 5.41) is 17.3. The van der Waals surface area contributed by atoms with Crippen LogP contribution in [0.5, 0.6) is 0 Å². The number of carbonyl (C=O) groups excluding carboxylic acids is 3. The van der Waals surface area contributed by atoms with Crippen LogP contribution in [0.15, 0.2) is 54.9 Å². The van der Waals surface area contributed by atoms with Crippen LogP contribution in [0.2, 0.25) is 0 Å². The van der Waals surface area contributed by atoms with E-state index in [-0.39, 0.29) is 30.8 Å². The maximum Gasteiger partial charge on any atom is 0.408 e. The highest BCUT2D eigenvalue weighted by atomic mass is 16.5. The fraction of sp³-hybridized carbons (Fsp3) is 0.464. The molecule has 0 saturated heterocycles. The number of nitrogens with one attached hydrogen (secondary N) is 2. The highest BCUT2D eigenvalue weighted by molar-refractivity contribution is 5.92. The van der Waals surface area contributed by atoms with Crippen molar-refractivity contribution in [1.29, 1.82) is 0 Å². The van der Waals surface area contributed by atoms with E-state index in [4.69, 9.17) is 4.74 Å². The molecule has 0 bridgehead atoms. The van der Waals surface area contributed by atoms with Crippen LogP contribution in [0, 0.1) is 11.8 Å². The maximum absolute atomic E-state index is 13.4. The summed E-state index contributed by atoms with van der Waals surface area (Å²) in [6, 6.07) is 11.4. The lowest BCUT2D eigenvalue weighted by Crippen LogP contribution is -2.52. The minimum absolute atomic E-state index is 0.0882. The van der Waals surface area contributed by atoms with Crippen LogP contribution in [0.1, 0.15) is 57.5 Å². The number of tetrazole rings is 1. The molecule has 1 aromatic carbocycles. The van der Waals surface area contributed by atoms with Gasteiger partial charge in [0.15, 0.2) is 11.6 Å². The minimum atomic E-state index is -0.856. The van der Waals surface area contributed by atoms with Crippen molar-refractivity contribution in [3.8, 4) is 0 Å². The van der Waals surface area contributed by atoms with E-state index in [0.29, 0.717) is 25.1 Å². The Hall–Kier alpha value is -4.15. The predicted octanol–water partition coefficient (Wildman–Crippen LogP) is 3.10. The molecule has 3 rings (SSSR count). The lowest BCUT2D eigenvalue weighted by Gasteiger charge is -2.25. The SMILES string of the molecule is CC(C)C[C@H](NC(=O)[C@H](CC(C)C)NC(=O)OCc1ccccc1)C(=O)Cn1nnnc1Cc1ccncc1. The molecule has 0 spiro atoms.